The van der Waals surface area contributed by atoms with Gasteiger partial charge in [-0.25, -0.2) is 8.42 Å². The Morgan fingerprint density at radius 2 is 1.93 bits per heavy atom. The number of hydrogen-bond acceptors (Lipinski definition) is 6. The lowest BCUT2D eigenvalue weighted by Crippen LogP contribution is -2.52. The number of rotatable bonds is 5. The molecule has 0 spiro atoms. The second-order valence-electron chi connectivity index (χ2n) is 7.72. The van der Waals surface area contributed by atoms with Crippen LogP contribution in [0.5, 0.6) is 0 Å². The Morgan fingerprint density at radius 3 is 2.61 bits per heavy atom. The van der Waals surface area contributed by atoms with Gasteiger partial charge in [-0.1, -0.05) is 0 Å². The minimum atomic E-state index is -3.16. The maximum atomic E-state index is 12.6. The molecular weight excluding hydrogens is 382 g/mol. The largest absolute Gasteiger partial charge is 0.349 e. The molecule has 2 aromatic rings. The van der Waals surface area contributed by atoms with Crippen LogP contribution in [-0.4, -0.2) is 69.9 Å². The van der Waals surface area contributed by atoms with Crippen molar-refractivity contribution in [2.45, 2.75) is 50.2 Å². The summed E-state index contributed by atoms with van der Waals surface area (Å²) in [6.07, 6.45) is 7.61. The highest BCUT2D eigenvalue weighted by molar-refractivity contribution is 7.90. The first-order valence-electron chi connectivity index (χ1n) is 9.39. The summed E-state index contributed by atoms with van der Waals surface area (Å²) >= 11 is 0. The molecule has 2 amide bonds. The number of piperidine rings is 1. The molecule has 2 aliphatic heterocycles. The Balaban J connectivity index is 1.38. The third kappa shape index (κ3) is 3.87. The van der Waals surface area contributed by atoms with E-state index in [0.717, 1.165) is 19.1 Å². The molecule has 0 saturated carbocycles. The maximum Gasteiger partial charge on any atom is 0.253 e. The number of carbonyl (C=O) groups excluding carboxylic acids is 2. The van der Waals surface area contributed by atoms with Crippen molar-refractivity contribution < 1.29 is 18.0 Å². The van der Waals surface area contributed by atoms with Crippen molar-refractivity contribution >= 4 is 27.3 Å². The van der Waals surface area contributed by atoms with Crippen LogP contribution >= 0.6 is 0 Å². The number of hydrogen-bond donors (Lipinski definition) is 1. The van der Waals surface area contributed by atoms with Crippen LogP contribution in [0.1, 0.15) is 42.5 Å². The van der Waals surface area contributed by atoms with Crippen LogP contribution in [0.2, 0.25) is 0 Å². The van der Waals surface area contributed by atoms with Crippen LogP contribution in [0.15, 0.2) is 24.7 Å². The number of sulfone groups is 1. The number of nitrogens with one attached hydrogen (secondary N) is 1. The van der Waals surface area contributed by atoms with E-state index in [1.54, 1.807) is 29.1 Å². The van der Waals surface area contributed by atoms with Crippen LogP contribution in [-0.2, 0) is 14.6 Å². The Kier molecular flexibility index (Phi) is 4.82. The monoisotopic (exact) mass is 405 g/mol. The molecule has 2 atom stereocenters. The molecule has 10 heteroatoms. The average Bonchev–Trinajstić information content (AvgIpc) is 3.21. The van der Waals surface area contributed by atoms with Crippen LogP contribution in [0.4, 0.5) is 0 Å². The van der Waals surface area contributed by atoms with E-state index in [1.807, 2.05) is 4.90 Å². The third-order valence-corrected chi connectivity index (χ3v) is 6.54. The third-order valence-electron chi connectivity index (χ3n) is 5.60. The van der Waals surface area contributed by atoms with Crippen molar-refractivity contribution in [1.29, 1.82) is 0 Å². The summed E-state index contributed by atoms with van der Waals surface area (Å²) in [5.41, 5.74) is 1.21. The van der Waals surface area contributed by atoms with Crippen molar-refractivity contribution in [3.8, 4) is 0 Å². The van der Waals surface area contributed by atoms with Gasteiger partial charge in [0.2, 0.25) is 5.91 Å². The highest BCUT2D eigenvalue weighted by atomic mass is 32.2. The standard InChI is InChI=1S/C18H23N5O4S/c1-28(26,27)7-6-17(24)23-14-3-4-15(23)9-13(8-14)20-18(25)12-2-5-16-21-19-11-22(16)10-12/h2,5,10-11,13-15H,3-4,6-9H2,1H3,(H,20,25). The number of aromatic nitrogens is 3. The number of nitrogens with zero attached hydrogens (tertiary/aromatic N) is 4. The minimum Gasteiger partial charge on any atom is -0.349 e. The summed E-state index contributed by atoms with van der Waals surface area (Å²) in [4.78, 5) is 27.0. The van der Waals surface area contributed by atoms with Crippen LogP contribution in [0, 0.1) is 0 Å². The van der Waals surface area contributed by atoms with Gasteiger partial charge in [-0.05, 0) is 37.8 Å². The molecule has 1 N–H and O–H groups in total. The van der Waals surface area contributed by atoms with E-state index in [1.165, 1.54) is 0 Å². The molecule has 150 valence electrons. The van der Waals surface area contributed by atoms with E-state index in [9.17, 15) is 18.0 Å². The molecule has 0 radical (unpaired) electrons. The highest BCUT2D eigenvalue weighted by Gasteiger charge is 2.43. The Labute approximate surface area is 163 Å². The lowest BCUT2D eigenvalue weighted by Gasteiger charge is -2.39. The first-order valence-corrected chi connectivity index (χ1v) is 11.5. The van der Waals surface area contributed by atoms with Crippen molar-refractivity contribution in [1.82, 2.24) is 24.8 Å². The molecule has 2 saturated heterocycles. The predicted octanol–water partition coefficient (Wildman–Crippen LogP) is 0.416. The van der Waals surface area contributed by atoms with E-state index in [4.69, 9.17) is 0 Å². The second-order valence-corrected chi connectivity index (χ2v) is 9.98. The van der Waals surface area contributed by atoms with Crippen molar-refractivity contribution in [3.63, 3.8) is 0 Å². The summed E-state index contributed by atoms with van der Waals surface area (Å²) in [5.74, 6) is -0.370. The summed E-state index contributed by atoms with van der Waals surface area (Å²) < 4.78 is 24.4. The molecule has 4 heterocycles. The summed E-state index contributed by atoms with van der Waals surface area (Å²) in [5, 5.41) is 10.8. The molecule has 9 nitrogen and oxygen atoms in total. The number of pyridine rings is 1. The summed E-state index contributed by atoms with van der Waals surface area (Å²) in [6, 6.07) is 3.60. The molecular formula is C18H23N5O4S. The number of fused-ring (bicyclic) bond motifs is 3. The van der Waals surface area contributed by atoms with Gasteiger partial charge < -0.3 is 10.2 Å². The zero-order valence-corrected chi connectivity index (χ0v) is 16.4. The van der Waals surface area contributed by atoms with Gasteiger partial charge in [0, 0.05) is 37.0 Å². The van der Waals surface area contributed by atoms with Crippen molar-refractivity contribution in [3.05, 3.63) is 30.2 Å². The SMILES string of the molecule is CS(=O)(=O)CCC(=O)N1C2CCC1CC(NC(=O)c1ccc3nncn3c1)C2. The fraction of sp³-hybridized carbons (Fsp3) is 0.556. The summed E-state index contributed by atoms with van der Waals surface area (Å²) in [7, 11) is -3.16. The Bertz CT molecular complexity index is 1000. The van der Waals surface area contributed by atoms with E-state index in [-0.39, 0.29) is 42.1 Å². The topological polar surface area (TPSA) is 114 Å². The lowest BCUT2D eigenvalue weighted by molar-refractivity contribution is -0.135. The van der Waals surface area contributed by atoms with Crippen molar-refractivity contribution in [2.24, 2.45) is 0 Å². The number of amides is 2. The van der Waals surface area contributed by atoms with E-state index in [2.05, 4.69) is 15.5 Å². The van der Waals surface area contributed by atoms with Crippen molar-refractivity contribution in [2.75, 3.05) is 12.0 Å². The van der Waals surface area contributed by atoms with Gasteiger partial charge in [0.25, 0.3) is 5.91 Å². The minimum absolute atomic E-state index is 0.000525. The molecule has 2 fully saturated rings. The normalized spacial score (nSPS) is 24.5. The predicted molar refractivity (Wildman–Crippen MR) is 101 cm³/mol. The van der Waals surface area contributed by atoms with Gasteiger partial charge in [-0.15, -0.1) is 10.2 Å². The molecule has 2 bridgehead atoms. The molecule has 0 aromatic carbocycles. The molecule has 4 rings (SSSR count). The molecule has 2 unspecified atom stereocenters. The van der Waals surface area contributed by atoms with Gasteiger partial charge in [0.15, 0.2) is 5.65 Å². The molecule has 0 aliphatic carbocycles. The highest BCUT2D eigenvalue weighted by Crippen LogP contribution is 2.36. The van der Waals surface area contributed by atoms with Crippen LogP contribution < -0.4 is 5.32 Å². The first-order chi connectivity index (χ1) is 13.3. The van der Waals surface area contributed by atoms with E-state index in [0.29, 0.717) is 24.1 Å². The summed E-state index contributed by atoms with van der Waals surface area (Å²) in [6.45, 7) is 0. The average molecular weight is 405 g/mol. The molecule has 2 aromatic heterocycles. The van der Waals surface area contributed by atoms with Gasteiger partial charge in [0.05, 0.1) is 11.3 Å². The second kappa shape index (κ2) is 7.16. The van der Waals surface area contributed by atoms with Crippen LogP contribution in [0.25, 0.3) is 5.65 Å². The van der Waals surface area contributed by atoms with Gasteiger partial charge >= 0.3 is 0 Å². The molecule has 28 heavy (non-hydrogen) atoms. The zero-order chi connectivity index (χ0) is 19.9. The first kappa shape index (κ1) is 18.9. The molecule has 2 aliphatic rings. The van der Waals surface area contributed by atoms with Crippen LogP contribution in [0.3, 0.4) is 0 Å². The van der Waals surface area contributed by atoms with Gasteiger partial charge in [0.1, 0.15) is 16.2 Å². The van der Waals surface area contributed by atoms with E-state index < -0.39 is 9.84 Å². The smallest absolute Gasteiger partial charge is 0.253 e. The Hall–Kier alpha value is -2.49. The zero-order valence-electron chi connectivity index (χ0n) is 15.6. The van der Waals surface area contributed by atoms with E-state index >= 15 is 0 Å². The quantitative estimate of drug-likeness (QED) is 0.771. The Morgan fingerprint density at radius 1 is 1.21 bits per heavy atom. The lowest BCUT2D eigenvalue weighted by atomic mass is 9.96. The number of carbonyl (C=O) groups is 2. The van der Waals surface area contributed by atoms with Gasteiger partial charge in [-0.3, -0.25) is 14.0 Å². The fourth-order valence-corrected chi connectivity index (χ4v) is 4.88. The van der Waals surface area contributed by atoms with Gasteiger partial charge in [-0.2, -0.15) is 0 Å². The maximum absolute atomic E-state index is 12.6. The fourth-order valence-electron chi connectivity index (χ4n) is 4.33.